The van der Waals surface area contributed by atoms with Crippen LogP contribution in [-0.2, 0) is 44.3 Å². The van der Waals surface area contributed by atoms with Crippen LogP contribution in [0.4, 0.5) is 0 Å². The van der Waals surface area contributed by atoms with E-state index in [9.17, 15) is 24.3 Å². The molecule has 5 aliphatic rings. The zero-order valence-corrected chi connectivity index (χ0v) is 23.6. The Bertz CT molecular complexity index is 1800. The van der Waals surface area contributed by atoms with E-state index in [1.165, 1.54) is 4.90 Å². The Balaban J connectivity index is 1.32. The number of aryl methyl sites for hydroxylation is 1. The van der Waals surface area contributed by atoms with Crippen molar-refractivity contribution in [2.24, 2.45) is 11.8 Å². The van der Waals surface area contributed by atoms with Crippen molar-refractivity contribution in [3.63, 3.8) is 0 Å². The molecule has 1 saturated carbocycles. The van der Waals surface area contributed by atoms with Crippen molar-refractivity contribution in [2.75, 3.05) is 7.11 Å². The molecule has 1 saturated heterocycles. The second-order valence-electron chi connectivity index (χ2n) is 12.2. The van der Waals surface area contributed by atoms with Gasteiger partial charge in [-0.2, -0.15) is 0 Å². The molecule has 0 radical (unpaired) electrons. The fourth-order valence-electron chi connectivity index (χ4n) is 8.24. The molecule has 3 aliphatic heterocycles. The molecule has 4 atom stereocenters. The molecule has 10 heteroatoms. The molecule has 2 amide bonds. The maximum atomic E-state index is 13.7. The van der Waals surface area contributed by atoms with Gasteiger partial charge in [0.25, 0.3) is 5.56 Å². The fourth-order valence-corrected chi connectivity index (χ4v) is 8.24. The van der Waals surface area contributed by atoms with Crippen LogP contribution in [0.1, 0.15) is 79.3 Å². The number of methoxy groups -OCH3 is 1. The summed E-state index contributed by atoms with van der Waals surface area (Å²) in [5.74, 6) is -0.762. The minimum absolute atomic E-state index is 0.0731. The van der Waals surface area contributed by atoms with Crippen molar-refractivity contribution in [3.8, 4) is 17.1 Å². The van der Waals surface area contributed by atoms with Crippen molar-refractivity contribution in [3.05, 3.63) is 56.4 Å². The van der Waals surface area contributed by atoms with Gasteiger partial charge in [0.1, 0.15) is 12.4 Å². The van der Waals surface area contributed by atoms with Crippen LogP contribution in [0.5, 0.6) is 5.75 Å². The summed E-state index contributed by atoms with van der Waals surface area (Å²) < 4.78 is 12.7. The normalized spacial score (nSPS) is 27.5. The molecular formula is C32H31N3O7. The molecule has 5 heterocycles. The molecule has 2 fully saturated rings. The second-order valence-corrected chi connectivity index (χ2v) is 12.2. The molecular weight excluding hydrogens is 538 g/mol. The molecule has 8 rings (SSSR count). The van der Waals surface area contributed by atoms with Gasteiger partial charge in [0.15, 0.2) is 5.60 Å². The van der Waals surface area contributed by atoms with E-state index in [2.05, 4.69) is 0 Å². The third-order valence-electron chi connectivity index (χ3n) is 10.4. The molecule has 2 aliphatic carbocycles. The van der Waals surface area contributed by atoms with E-state index in [1.54, 1.807) is 24.7 Å². The molecule has 216 valence electrons. The van der Waals surface area contributed by atoms with Crippen LogP contribution in [0.25, 0.3) is 22.3 Å². The van der Waals surface area contributed by atoms with Crippen LogP contribution < -0.4 is 10.3 Å². The number of likely N-dealkylation sites (tertiary alicyclic amines) is 1. The van der Waals surface area contributed by atoms with Crippen LogP contribution in [0, 0.1) is 11.8 Å². The summed E-state index contributed by atoms with van der Waals surface area (Å²) in [5.41, 5.74) is 2.97. The van der Waals surface area contributed by atoms with Gasteiger partial charge in [-0.05, 0) is 55.9 Å². The minimum Gasteiger partial charge on any atom is -0.496 e. The van der Waals surface area contributed by atoms with Gasteiger partial charge in [-0.1, -0.05) is 19.8 Å². The van der Waals surface area contributed by atoms with Crippen molar-refractivity contribution >= 4 is 28.7 Å². The number of esters is 1. The van der Waals surface area contributed by atoms with Gasteiger partial charge in [0, 0.05) is 22.1 Å². The van der Waals surface area contributed by atoms with Crippen molar-refractivity contribution in [1.82, 2.24) is 14.5 Å². The van der Waals surface area contributed by atoms with Crippen LogP contribution in [0.15, 0.2) is 23.0 Å². The third kappa shape index (κ3) is 3.10. The average Bonchev–Trinajstić information content (AvgIpc) is 3.50. The van der Waals surface area contributed by atoms with Gasteiger partial charge in [-0.3, -0.25) is 19.3 Å². The van der Waals surface area contributed by atoms with Gasteiger partial charge in [-0.15, -0.1) is 0 Å². The lowest BCUT2D eigenvalue weighted by Gasteiger charge is -2.34. The number of nitrogens with zero attached hydrogens (tertiary/aromatic N) is 3. The van der Waals surface area contributed by atoms with Crippen molar-refractivity contribution < 1.29 is 29.0 Å². The largest absolute Gasteiger partial charge is 0.496 e. The maximum absolute atomic E-state index is 13.7. The number of hydrogen-bond acceptors (Lipinski definition) is 8. The Morgan fingerprint density at radius 2 is 1.79 bits per heavy atom. The number of aromatic nitrogens is 2. The molecule has 3 aromatic rings. The number of hydrogen-bond donors (Lipinski definition) is 1. The zero-order valence-electron chi connectivity index (χ0n) is 23.6. The van der Waals surface area contributed by atoms with E-state index in [1.807, 2.05) is 12.1 Å². The Kier molecular flexibility index (Phi) is 5.33. The maximum Gasteiger partial charge on any atom is 0.343 e. The zero-order chi connectivity index (χ0) is 29.1. The van der Waals surface area contributed by atoms with Gasteiger partial charge in [0.2, 0.25) is 11.8 Å². The summed E-state index contributed by atoms with van der Waals surface area (Å²) in [7, 11) is 1.59. The standard InChI is InChI=1S/C32H31N3O7/c1-3-32(40)20-12-23-27-18(13-34(23)28(36)19(20)14-42-31(32)39)15-8-10-22(26-24(41-2)11-9-21(33-27)25(15)26)35-29(37)16-6-4-5-7-17(16)30(35)38/h9,11-12,16-17,22,40H,3-8,10,13-14H2,1-2H3/t16?,17?,22?,32-/m0/s1. The number of rotatable bonds is 3. The van der Waals surface area contributed by atoms with Crippen LogP contribution >= 0.6 is 0 Å². The molecule has 2 aromatic heterocycles. The van der Waals surface area contributed by atoms with Crippen LogP contribution in [0.2, 0.25) is 0 Å². The number of carbonyl (C=O) groups excluding carboxylic acids is 3. The second kappa shape index (κ2) is 8.73. The lowest BCUT2D eigenvalue weighted by Crippen LogP contribution is -2.44. The first-order chi connectivity index (χ1) is 20.3. The molecule has 1 aromatic carbocycles. The number of pyridine rings is 2. The highest BCUT2D eigenvalue weighted by Gasteiger charge is 2.52. The highest BCUT2D eigenvalue weighted by atomic mass is 16.6. The molecule has 10 nitrogen and oxygen atoms in total. The summed E-state index contributed by atoms with van der Waals surface area (Å²) in [6.07, 6.45) is 4.67. The smallest absolute Gasteiger partial charge is 0.343 e. The first kappa shape index (κ1) is 25.6. The first-order valence-electron chi connectivity index (χ1n) is 14.8. The first-order valence-corrected chi connectivity index (χ1v) is 14.8. The number of ether oxygens (including phenoxy) is 2. The van der Waals surface area contributed by atoms with E-state index in [0.29, 0.717) is 42.0 Å². The fraction of sp³-hybridized carbons (Fsp3) is 0.469. The number of carbonyl (C=O) groups is 3. The molecule has 1 N–H and O–H groups in total. The average molecular weight is 570 g/mol. The van der Waals surface area contributed by atoms with E-state index in [4.69, 9.17) is 14.5 Å². The summed E-state index contributed by atoms with van der Waals surface area (Å²) in [4.78, 5) is 60.1. The number of fused-ring (bicyclic) bond motifs is 6. The topological polar surface area (TPSA) is 128 Å². The van der Waals surface area contributed by atoms with Crippen LogP contribution in [0.3, 0.4) is 0 Å². The highest BCUT2D eigenvalue weighted by molar-refractivity contribution is 6.06. The van der Waals surface area contributed by atoms with Crippen molar-refractivity contribution in [2.45, 2.75) is 76.7 Å². The van der Waals surface area contributed by atoms with Gasteiger partial charge < -0.3 is 19.1 Å². The third-order valence-corrected chi connectivity index (χ3v) is 10.4. The molecule has 0 bridgehead atoms. The number of aliphatic hydroxyl groups is 1. The van der Waals surface area contributed by atoms with Gasteiger partial charge in [0.05, 0.1) is 54.0 Å². The molecule has 42 heavy (non-hydrogen) atoms. The summed E-state index contributed by atoms with van der Waals surface area (Å²) in [6, 6.07) is 4.98. The predicted molar refractivity (Wildman–Crippen MR) is 149 cm³/mol. The number of cyclic esters (lactones) is 1. The predicted octanol–water partition coefficient (Wildman–Crippen LogP) is 3.25. The van der Waals surface area contributed by atoms with E-state index >= 15 is 0 Å². The summed E-state index contributed by atoms with van der Waals surface area (Å²) in [6.45, 7) is 1.79. The van der Waals surface area contributed by atoms with E-state index in [-0.39, 0.29) is 53.4 Å². The number of benzene rings is 1. The van der Waals surface area contributed by atoms with E-state index in [0.717, 1.165) is 47.8 Å². The quantitative estimate of drug-likeness (QED) is 0.294. The van der Waals surface area contributed by atoms with Crippen LogP contribution in [-0.4, -0.2) is 44.5 Å². The van der Waals surface area contributed by atoms with Gasteiger partial charge >= 0.3 is 5.97 Å². The lowest BCUT2D eigenvalue weighted by atomic mass is 9.81. The Hall–Kier alpha value is -4.05. The number of imide groups is 1. The summed E-state index contributed by atoms with van der Waals surface area (Å²) >= 11 is 0. The Morgan fingerprint density at radius 3 is 2.48 bits per heavy atom. The minimum atomic E-state index is -1.89. The lowest BCUT2D eigenvalue weighted by molar-refractivity contribution is -0.172. The Labute approximate surface area is 241 Å². The molecule has 0 spiro atoms. The van der Waals surface area contributed by atoms with Gasteiger partial charge in [-0.25, -0.2) is 9.78 Å². The molecule has 3 unspecified atom stereocenters. The SMILES string of the molecule is CC[C@@]1(O)C(=O)OCc2c1cc1n(c2=O)Cc2c-1nc1ccc(OC)c3c1c2CCC3N1C(=O)C2CCCCC2C1=O. The highest BCUT2D eigenvalue weighted by Crippen LogP contribution is 2.50. The summed E-state index contributed by atoms with van der Waals surface area (Å²) in [5, 5.41) is 12.1. The number of amides is 2. The monoisotopic (exact) mass is 569 g/mol. The Morgan fingerprint density at radius 1 is 1.05 bits per heavy atom. The van der Waals surface area contributed by atoms with E-state index < -0.39 is 17.6 Å². The van der Waals surface area contributed by atoms with Crippen molar-refractivity contribution in [1.29, 1.82) is 0 Å².